The summed E-state index contributed by atoms with van der Waals surface area (Å²) in [5, 5.41) is 14.1. The number of aliphatic carboxylic acids is 1. The number of benzene rings is 2. The van der Waals surface area contributed by atoms with Gasteiger partial charge in [-0.05, 0) is 55.9 Å². The van der Waals surface area contributed by atoms with E-state index in [1.807, 2.05) is 45.0 Å². The van der Waals surface area contributed by atoms with Gasteiger partial charge in [0.15, 0.2) is 5.82 Å². The first-order valence-electron chi connectivity index (χ1n) is 14.7. The lowest BCUT2D eigenvalue weighted by Crippen LogP contribution is -2.41. The molecule has 226 valence electrons. The van der Waals surface area contributed by atoms with Crippen LogP contribution in [0, 0.1) is 5.92 Å². The number of carbonyl (C=O) groups excluding carboxylic acids is 2. The Bertz CT molecular complexity index is 1480. The number of likely N-dealkylation sites (tertiary alicyclic amines) is 2. The third-order valence-electron chi connectivity index (χ3n) is 8.52. The van der Waals surface area contributed by atoms with Crippen LogP contribution in [0.25, 0.3) is 11.1 Å². The van der Waals surface area contributed by atoms with Gasteiger partial charge in [0.25, 0.3) is 0 Å². The molecule has 2 aromatic carbocycles. The van der Waals surface area contributed by atoms with E-state index in [1.165, 1.54) is 4.90 Å². The van der Waals surface area contributed by atoms with Gasteiger partial charge in [0, 0.05) is 38.0 Å². The topological polar surface area (TPSA) is 135 Å². The second kappa shape index (κ2) is 11.3. The molecule has 3 heterocycles. The van der Waals surface area contributed by atoms with Gasteiger partial charge in [-0.1, -0.05) is 53.7 Å². The minimum absolute atomic E-state index is 0.0112. The highest BCUT2D eigenvalue weighted by atomic mass is 16.6. The molecular weight excluding hydrogens is 552 g/mol. The Balaban J connectivity index is 1.09. The zero-order valence-corrected chi connectivity index (χ0v) is 24.6. The van der Waals surface area contributed by atoms with Crippen molar-refractivity contribution in [3.05, 3.63) is 71.4 Å². The number of amides is 2. The molecule has 6 rings (SSSR count). The standard InChI is InChI=1S/C32H36N4O7/c1-32(2,3)42-31(40)35-14-12-19(13-15-35)27-33-28(43-34-27)24-16-36(17-25(24)29(37)38)30(39)41-18-26-22-10-6-4-8-20(22)21-9-5-7-11-23(21)26/h4-11,19,24-26H,12-18H2,1-3H3,(H,37,38). The number of piperidine rings is 1. The van der Waals surface area contributed by atoms with Crippen LogP contribution in [-0.2, 0) is 14.3 Å². The van der Waals surface area contributed by atoms with E-state index in [2.05, 4.69) is 34.4 Å². The Morgan fingerprint density at radius 2 is 1.56 bits per heavy atom. The molecule has 0 spiro atoms. The number of nitrogens with zero attached hydrogens (tertiary/aromatic N) is 4. The summed E-state index contributed by atoms with van der Waals surface area (Å²) in [6, 6.07) is 16.2. The molecule has 3 aliphatic rings. The molecule has 3 aromatic rings. The van der Waals surface area contributed by atoms with E-state index in [-0.39, 0.29) is 43.5 Å². The van der Waals surface area contributed by atoms with E-state index in [0.29, 0.717) is 31.8 Å². The fourth-order valence-corrected chi connectivity index (χ4v) is 6.35. The van der Waals surface area contributed by atoms with Crippen molar-refractivity contribution in [1.82, 2.24) is 19.9 Å². The van der Waals surface area contributed by atoms with Crippen LogP contribution >= 0.6 is 0 Å². The molecular formula is C32H36N4O7. The Labute approximate surface area is 249 Å². The van der Waals surface area contributed by atoms with Crippen molar-refractivity contribution in [3.63, 3.8) is 0 Å². The van der Waals surface area contributed by atoms with Gasteiger partial charge in [0.1, 0.15) is 12.2 Å². The van der Waals surface area contributed by atoms with E-state index < -0.39 is 29.5 Å². The van der Waals surface area contributed by atoms with Crippen molar-refractivity contribution in [2.75, 3.05) is 32.8 Å². The largest absolute Gasteiger partial charge is 0.481 e. The van der Waals surface area contributed by atoms with Crippen LogP contribution in [-0.4, -0.2) is 81.6 Å². The van der Waals surface area contributed by atoms with E-state index in [4.69, 9.17) is 14.0 Å². The lowest BCUT2D eigenvalue weighted by atomic mass is 9.95. The van der Waals surface area contributed by atoms with Crippen LogP contribution in [0.2, 0.25) is 0 Å². The van der Waals surface area contributed by atoms with E-state index in [1.54, 1.807) is 4.90 Å². The highest BCUT2D eigenvalue weighted by Gasteiger charge is 2.45. The molecule has 1 aromatic heterocycles. The summed E-state index contributed by atoms with van der Waals surface area (Å²) in [5.41, 5.74) is 3.92. The molecule has 2 atom stereocenters. The maximum atomic E-state index is 13.2. The van der Waals surface area contributed by atoms with E-state index in [0.717, 1.165) is 22.3 Å². The van der Waals surface area contributed by atoms with Crippen molar-refractivity contribution >= 4 is 18.2 Å². The molecule has 43 heavy (non-hydrogen) atoms. The van der Waals surface area contributed by atoms with E-state index in [9.17, 15) is 19.5 Å². The van der Waals surface area contributed by atoms with Crippen LogP contribution in [0.3, 0.4) is 0 Å². The molecule has 1 N–H and O–H groups in total. The summed E-state index contributed by atoms with van der Waals surface area (Å²) in [4.78, 5) is 45.5. The number of carboxylic acids is 1. The Kier molecular flexibility index (Phi) is 7.57. The number of rotatable bonds is 5. The average molecular weight is 589 g/mol. The summed E-state index contributed by atoms with van der Waals surface area (Å²) in [6.07, 6.45) is 0.363. The number of hydrogen-bond acceptors (Lipinski definition) is 8. The molecule has 1 aliphatic carbocycles. The summed E-state index contributed by atoms with van der Waals surface area (Å²) in [5.74, 6) is -2.02. The zero-order valence-electron chi connectivity index (χ0n) is 24.6. The highest BCUT2D eigenvalue weighted by Crippen LogP contribution is 2.44. The lowest BCUT2D eigenvalue weighted by molar-refractivity contribution is -0.141. The minimum atomic E-state index is -1.04. The summed E-state index contributed by atoms with van der Waals surface area (Å²) < 4.78 is 16.8. The van der Waals surface area contributed by atoms with Gasteiger partial charge < -0.3 is 28.9 Å². The number of hydrogen-bond donors (Lipinski definition) is 1. The van der Waals surface area contributed by atoms with Gasteiger partial charge in [-0.3, -0.25) is 4.79 Å². The first-order valence-corrected chi connectivity index (χ1v) is 14.7. The Morgan fingerprint density at radius 3 is 2.16 bits per heavy atom. The molecule has 11 heteroatoms. The van der Waals surface area contributed by atoms with Crippen molar-refractivity contribution < 1.29 is 33.5 Å². The molecule has 2 fully saturated rings. The summed E-state index contributed by atoms with van der Waals surface area (Å²) in [6.45, 7) is 6.75. The van der Waals surface area contributed by atoms with Crippen molar-refractivity contribution in [2.24, 2.45) is 5.92 Å². The van der Waals surface area contributed by atoms with Crippen LogP contribution in [0.4, 0.5) is 9.59 Å². The number of carbonyl (C=O) groups is 3. The van der Waals surface area contributed by atoms with Crippen LogP contribution in [0.5, 0.6) is 0 Å². The Hall–Kier alpha value is -4.41. The number of carboxylic acid groups (broad SMARTS) is 1. The normalized spacial score (nSPS) is 20.5. The smallest absolute Gasteiger partial charge is 0.410 e. The molecule has 2 aliphatic heterocycles. The second-order valence-corrected chi connectivity index (χ2v) is 12.5. The van der Waals surface area contributed by atoms with Gasteiger partial charge in [-0.2, -0.15) is 4.98 Å². The van der Waals surface area contributed by atoms with Crippen LogP contribution in [0.15, 0.2) is 53.1 Å². The third-order valence-corrected chi connectivity index (χ3v) is 8.52. The lowest BCUT2D eigenvalue weighted by Gasteiger charge is -2.32. The van der Waals surface area contributed by atoms with Gasteiger partial charge in [0.2, 0.25) is 5.89 Å². The molecule has 0 saturated carbocycles. The van der Waals surface area contributed by atoms with Crippen molar-refractivity contribution in [2.45, 2.75) is 57.0 Å². The average Bonchev–Trinajstić information content (AvgIpc) is 3.72. The summed E-state index contributed by atoms with van der Waals surface area (Å²) in [7, 11) is 0. The minimum Gasteiger partial charge on any atom is -0.481 e. The maximum Gasteiger partial charge on any atom is 0.410 e. The van der Waals surface area contributed by atoms with Gasteiger partial charge in [0.05, 0.1) is 11.8 Å². The molecule has 2 saturated heterocycles. The molecule has 2 unspecified atom stereocenters. The first-order chi connectivity index (χ1) is 20.6. The fourth-order valence-electron chi connectivity index (χ4n) is 6.35. The van der Waals surface area contributed by atoms with Crippen LogP contribution < -0.4 is 0 Å². The second-order valence-electron chi connectivity index (χ2n) is 12.5. The van der Waals surface area contributed by atoms with E-state index >= 15 is 0 Å². The SMILES string of the molecule is CC(C)(C)OC(=O)N1CCC(c2noc(C3CN(C(=O)OCC4c5ccccc5-c5ccccc54)CC3C(=O)O)n2)CC1. The molecule has 2 amide bonds. The molecule has 11 nitrogen and oxygen atoms in total. The number of aromatic nitrogens is 2. The monoisotopic (exact) mass is 588 g/mol. The number of fused-ring (bicyclic) bond motifs is 3. The zero-order chi connectivity index (χ0) is 30.3. The first kappa shape index (κ1) is 28.7. The van der Waals surface area contributed by atoms with Crippen molar-refractivity contribution in [1.29, 1.82) is 0 Å². The van der Waals surface area contributed by atoms with Crippen molar-refractivity contribution in [3.8, 4) is 11.1 Å². The molecule has 0 radical (unpaired) electrons. The fraction of sp³-hybridized carbons (Fsp3) is 0.469. The predicted molar refractivity (Wildman–Crippen MR) is 155 cm³/mol. The third kappa shape index (κ3) is 5.80. The molecule has 0 bridgehead atoms. The highest BCUT2D eigenvalue weighted by molar-refractivity contribution is 5.79. The quantitative estimate of drug-likeness (QED) is 0.425. The predicted octanol–water partition coefficient (Wildman–Crippen LogP) is 5.23. The van der Waals surface area contributed by atoms with Gasteiger partial charge in [-0.15, -0.1) is 0 Å². The maximum absolute atomic E-state index is 13.2. The Morgan fingerprint density at radius 1 is 0.930 bits per heavy atom. The van der Waals surface area contributed by atoms with Gasteiger partial charge in [-0.25, -0.2) is 9.59 Å². The summed E-state index contributed by atoms with van der Waals surface area (Å²) >= 11 is 0. The van der Waals surface area contributed by atoms with Crippen LogP contribution in [0.1, 0.15) is 74.2 Å². The number of ether oxygens (including phenoxy) is 2. The van der Waals surface area contributed by atoms with Gasteiger partial charge >= 0.3 is 18.2 Å².